The Morgan fingerprint density at radius 1 is 1.00 bits per heavy atom. The van der Waals surface area contributed by atoms with E-state index in [1.54, 1.807) is 24.4 Å². The lowest BCUT2D eigenvalue weighted by atomic mass is 10.2. The highest BCUT2D eigenvalue weighted by Crippen LogP contribution is 2.38. The second kappa shape index (κ2) is 9.43. The molecule has 0 aliphatic rings. The molecule has 0 radical (unpaired) electrons. The zero-order valence-electron chi connectivity index (χ0n) is 18.9. The van der Waals surface area contributed by atoms with E-state index >= 15 is 0 Å². The van der Waals surface area contributed by atoms with Crippen molar-refractivity contribution in [2.24, 2.45) is 0 Å². The van der Waals surface area contributed by atoms with Crippen molar-refractivity contribution >= 4 is 38.4 Å². The van der Waals surface area contributed by atoms with Crippen LogP contribution in [0.2, 0.25) is 0 Å². The van der Waals surface area contributed by atoms with Gasteiger partial charge in [0.15, 0.2) is 16.3 Å². The fraction of sp³-hybridized carbons (Fsp3) is 0.227. The van der Waals surface area contributed by atoms with E-state index in [0.717, 1.165) is 12.1 Å². The van der Waals surface area contributed by atoms with Gasteiger partial charge >= 0.3 is 0 Å². The zero-order valence-corrected chi connectivity index (χ0v) is 19.8. The van der Waals surface area contributed by atoms with Crippen LogP contribution in [0.3, 0.4) is 0 Å². The molecule has 12 heteroatoms. The summed E-state index contributed by atoms with van der Waals surface area (Å²) >= 11 is 0. The van der Waals surface area contributed by atoms with Crippen LogP contribution >= 0.6 is 0 Å². The Balaban J connectivity index is 1.72. The van der Waals surface area contributed by atoms with Crippen molar-refractivity contribution in [2.75, 3.05) is 31.4 Å². The number of hydrogen-bond acceptors (Lipinski definition) is 10. The maximum Gasteiger partial charge on any atom is 0.270 e. The molecule has 0 bridgehead atoms. The SMILES string of the molecule is CCc1ccnc(Nc2cc3onc(NS(=O)(=O)c4c(OC)cccc4OC)c3cc2OC)n1. The van der Waals surface area contributed by atoms with Crippen LogP contribution in [-0.2, 0) is 16.4 Å². The predicted octanol–water partition coefficient (Wildman–Crippen LogP) is 3.75. The number of nitrogens with zero attached hydrogens (tertiary/aromatic N) is 3. The minimum absolute atomic E-state index is 0.0166. The first-order valence-corrected chi connectivity index (χ1v) is 11.7. The first-order valence-electron chi connectivity index (χ1n) is 10.2. The molecule has 0 saturated carbocycles. The molecule has 2 aromatic heterocycles. The number of benzene rings is 2. The fourth-order valence-corrected chi connectivity index (χ4v) is 4.67. The van der Waals surface area contributed by atoms with Gasteiger partial charge < -0.3 is 24.1 Å². The maximum atomic E-state index is 13.2. The van der Waals surface area contributed by atoms with E-state index in [9.17, 15) is 8.42 Å². The van der Waals surface area contributed by atoms with Crippen molar-refractivity contribution in [1.29, 1.82) is 0 Å². The molecular formula is C22H23N5O6S. The van der Waals surface area contributed by atoms with Gasteiger partial charge in [0.2, 0.25) is 5.95 Å². The van der Waals surface area contributed by atoms with E-state index in [0.29, 0.717) is 28.4 Å². The van der Waals surface area contributed by atoms with Crippen LogP contribution in [0.15, 0.2) is 52.0 Å². The molecule has 2 aromatic carbocycles. The highest BCUT2D eigenvalue weighted by Gasteiger charge is 2.27. The molecule has 0 aliphatic carbocycles. The Kier molecular flexibility index (Phi) is 6.41. The average molecular weight is 486 g/mol. The molecule has 4 rings (SSSR count). The quantitative estimate of drug-likeness (QED) is 0.360. The minimum Gasteiger partial charge on any atom is -0.495 e. The zero-order chi connectivity index (χ0) is 24.3. The van der Waals surface area contributed by atoms with Gasteiger partial charge in [-0.05, 0) is 30.7 Å². The molecule has 2 heterocycles. The van der Waals surface area contributed by atoms with Crippen LogP contribution in [0.4, 0.5) is 17.5 Å². The van der Waals surface area contributed by atoms with Crippen LogP contribution in [0.1, 0.15) is 12.6 Å². The van der Waals surface area contributed by atoms with Gasteiger partial charge in [0.05, 0.1) is 32.4 Å². The monoisotopic (exact) mass is 485 g/mol. The number of aromatic nitrogens is 3. The number of hydrogen-bond donors (Lipinski definition) is 2. The molecule has 178 valence electrons. The maximum absolute atomic E-state index is 13.2. The summed E-state index contributed by atoms with van der Waals surface area (Å²) in [7, 11) is 0.0949. The Morgan fingerprint density at radius 3 is 2.35 bits per heavy atom. The number of methoxy groups -OCH3 is 3. The largest absolute Gasteiger partial charge is 0.495 e. The third-order valence-electron chi connectivity index (χ3n) is 5.00. The van der Waals surface area contributed by atoms with Gasteiger partial charge in [-0.15, -0.1) is 0 Å². The van der Waals surface area contributed by atoms with E-state index in [1.807, 2.05) is 13.0 Å². The molecule has 0 atom stereocenters. The third-order valence-corrected chi connectivity index (χ3v) is 6.40. The lowest BCUT2D eigenvalue weighted by Crippen LogP contribution is -2.15. The summed E-state index contributed by atoms with van der Waals surface area (Å²) < 4.78 is 50.2. The molecule has 0 unspecified atom stereocenters. The number of anilines is 3. The topological polar surface area (TPSA) is 138 Å². The van der Waals surface area contributed by atoms with Crippen molar-refractivity contribution in [3.63, 3.8) is 0 Å². The first-order chi connectivity index (χ1) is 16.4. The summed E-state index contributed by atoms with van der Waals surface area (Å²) in [6.45, 7) is 2.00. The normalized spacial score (nSPS) is 11.3. The molecule has 0 saturated heterocycles. The molecule has 34 heavy (non-hydrogen) atoms. The van der Waals surface area contributed by atoms with Crippen molar-refractivity contribution in [2.45, 2.75) is 18.2 Å². The van der Waals surface area contributed by atoms with Gasteiger partial charge in [0, 0.05) is 18.0 Å². The van der Waals surface area contributed by atoms with Crippen molar-refractivity contribution < 1.29 is 27.2 Å². The molecule has 0 spiro atoms. The Labute approximate surface area is 196 Å². The van der Waals surface area contributed by atoms with Crippen LogP contribution in [0, 0.1) is 0 Å². The predicted molar refractivity (Wildman–Crippen MR) is 126 cm³/mol. The van der Waals surface area contributed by atoms with Gasteiger partial charge in [-0.3, -0.25) is 4.72 Å². The van der Waals surface area contributed by atoms with E-state index in [4.69, 9.17) is 18.7 Å². The first kappa shape index (κ1) is 23.1. The number of sulfonamides is 1. The summed E-state index contributed by atoms with van der Waals surface area (Å²) in [5.41, 5.74) is 1.72. The smallest absolute Gasteiger partial charge is 0.270 e. The fourth-order valence-electron chi connectivity index (χ4n) is 3.34. The Bertz CT molecular complexity index is 1420. The molecular weight excluding hydrogens is 462 g/mol. The standard InChI is InChI=1S/C22H23N5O6S/c1-5-13-9-10-23-22(24-13)25-15-12-18-14(11-19(15)32-4)21(26-33-18)27-34(28,29)20-16(30-2)7-6-8-17(20)31-3/h6-12H,5H2,1-4H3,(H,26,27)(H,23,24,25). The average Bonchev–Trinajstić information content (AvgIpc) is 3.23. The second-order valence-corrected chi connectivity index (χ2v) is 8.65. The van der Waals surface area contributed by atoms with Crippen LogP contribution < -0.4 is 24.2 Å². The van der Waals surface area contributed by atoms with E-state index in [-0.39, 0.29) is 22.2 Å². The van der Waals surface area contributed by atoms with Gasteiger partial charge in [-0.25, -0.2) is 18.4 Å². The van der Waals surface area contributed by atoms with Gasteiger partial charge in [0.25, 0.3) is 10.0 Å². The molecule has 2 N–H and O–H groups in total. The highest BCUT2D eigenvalue weighted by atomic mass is 32.2. The summed E-state index contributed by atoms with van der Waals surface area (Å²) in [6.07, 6.45) is 2.42. The Morgan fingerprint density at radius 2 is 1.71 bits per heavy atom. The van der Waals surface area contributed by atoms with Crippen LogP contribution in [0.5, 0.6) is 17.2 Å². The molecule has 11 nitrogen and oxygen atoms in total. The molecule has 4 aromatic rings. The van der Waals surface area contributed by atoms with E-state index < -0.39 is 10.0 Å². The summed E-state index contributed by atoms with van der Waals surface area (Å²) in [5.74, 6) is 1.03. The number of ether oxygens (including phenoxy) is 3. The molecule has 0 amide bonds. The second-order valence-electron chi connectivity index (χ2n) is 7.03. The third kappa shape index (κ3) is 4.39. The van der Waals surface area contributed by atoms with E-state index in [2.05, 4.69) is 25.2 Å². The number of aryl methyl sites for hydroxylation is 1. The van der Waals surface area contributed by atoms with Crippen LogP contribution in [0.25, 0.3) is 11.0 Å². The number of fused-ring (bicyclic) bond motifs is 1. The highest BCUT2D eigenvalue weighted by molar-refractivity contribution is 7.93. The van der Waals surface area contributed by atoms with E-state index in [1.165, 1.54) is 33.5 Å². The van der Waals surface area contributed by atoms with Crippen molar-refractivity contribution in [1.82, 2.24) is 15.1 Å². The lowest BCUT2D eigenvalue weighted by molar-refractivity contribution is 0.373. The summed E-state index contributed by atoms with van der Waals surface area (Å²) in [6, 6.07) is 9.74. The number of rotatable bonds is 9. The lowest BCUT2D eigenvalue weighted by Gasteiger charge is -2.14. The van der Waals surface area contributed by atoms with Gasteiger partial charge in [0.1, 0.15) is 17.2 Å². The van der Waals surface area contributed by atoms with Crippen molar-refractivity contribution in [3.8, 4) is 17.2 Å². The molecule has 0 fully saturated rings. The Hall–Kier alpha value is -4.06. The van der Waals surface area contributed by atoms with Gasteiger partial charge in [-0.2, -0.15) is 0 Å². The minimum atomic E-state index is -4.15. The van der Waals surface area contributed by atoms with Gasteiger partial charge in [-0.1, -0.05) is 18.1 Å². The summed E-state index contributed by atoms with van der Waals surface area (Å²) in [5, 5.41) is 7.40. The summed E-state index contributed by atoms with van der Waals surface area (Å²) in [4.78, 5) is 8.48. The van der Waals surface area contributed by atoms with Crippen LogP contribution in [-0.4, -0.2) is 44.9 Å². The van der Waals surface area contributed by atoms with Crippen molar-refractivity contribution in [3.05, 3.63) is 48.3 Å². The number of nitrogens with one attached hydrogen (secondary N) is 2. The molecule has 0 aliphatic heterocycles.